The second-order valence-corrected chi connectivity index (χ2v) is 6.57. The van der Waals surface area contributed by atoms with Crippen LogP contribution < -0.4 is 10.5 Å². The van der Waals surface area contributed by atoms with Crippen molar-refractivity contribution < 1.29 is 17.9 Å². The van der Waals surface area contributed by atoms with Gasteiger partial charge in [-0.15, -0.1) is 0 Å². The number of anilines is 1. The molecule has 2 rings (SSSR count). The summed E-state index contributed by atoms with van der Waals surface area (Å²) in [6, 6.07) is 15.1. The van der Waals surface area contributed by atoms with Crippen molar-refractivity contribution in [2.75, 3.05) is 12.3 Å². The molecule has 0 radical (unpaired) electrons. The normalized spacial score (nSPS) is 11.1. The summed E-state index contributed by atoms with van der Waals surface area (Å²) >= 11 is 0. The first-order chi connectivity index (χ1) is 11.0. The fraction of sp³-hybridized carbons (Fsp3) is 0.188. The number of nitrogens with two attached hydrogens (primary N) is 1. The van der Waals surface area contributed by atoms with Gasteiger partial charge < -0.3 is 10.5 Å². The summed E-state index contributed by atoms with van der Waals surface area (Å²) in [5.74, 6) is -0.616. The lowest BCUT2D eigenvalue weighted by Crippen LogP contribution is -2.31. The standard InChI is InChI=1S/C16H18N2O4S/c17-14-6-8-15(9-7-14)23(20,21)18-16(19)10-11-22-12-13-4-2-1-3-5-13/h1-9H,10-12,17H2,(H,18,19). The Hall–Kier alpha value is -2.38. The van der Waals surface area contributed by atoms with Gasteiger partial charge in [-0.25, -0.2) is 13.1 Å². The van der Waals surface area contributed by atoms with Gasteiger partial charge >= 0.3 is 0 Å². The van der Waals surface area contributed by atoms with Crippen LogP contribution in [0.5, 0.6) is 0 Å². The number of ether oxygens (including phenoxy) is 1. The van der Waals surface area contributed by atoms with Gasteiger partial charge in [0.05, 0.1) is 24.5 Å². The minimum atomic E-state index is -3.88. The molecule has 2 aromatic rings. The number of nitrogens with one attached hydrogen (secondary N) is 1. The highest BCUT2D eigenvalue weighted by atomic mass is 32.2. The zero-order chi connectivity index (χ0) is 16.7. The van der Waals surface area contributed by atoms with Crippen molar-refractivity contribution in [3.63, 3.8) is 0 Å². The second kappa shape index (κ2) is 7.75. The molecule has 0 saturated carbocycles. The fourth-order valence-electron chi connectivity index (χ4n) is 1.84. The van der Waals surface area contributed by atoms with Crippen LogP contribution >= 0.6 is 0 Å². The quantitative estimate of drug-likeness (QED) is 0.593. The van der Waals surface area contributed by atoms with Gasteiger partial charge in [-0.3, -0.25) is 4.79 Å². The predicted octanol–water partition coefficient (Wildman–Crippen LogP) is 1.68. The Labute approximate surface area is 135 Å². The molecule has 1 amide bonds. The predicted molar refractivity (Wildman–Crippen MR) is 86.9 cm³/mol. The van der Waals surface area contributed by atoms with Crippen LogP contribution in [0.15, 0.2) is 59.5 Å². The van der Waals surface area contributed by atoms with E-state index in [1.54, 1.807) is 0 Å². The Morgan fingerprint density at radius 3 is 2.35 bits per heavy atom. The van der Waals surface area contributed by atoms with E-state index in [0.29, 0.717) is 12.3 Å². The van der Waals surface area contributed by atoms with Gasteiger partial charge in [0.1, 0.15) is 0 Å². The third-order valence-electron chi connectivity index (χ3n) is 3.02. The SMILES string of the molecule is Nc1ccc(S(=O)(=O)NC(=O)CCOCc2ccccc2)cc1. The molecular formula is C16H18N2O4S. The first-order valence-electron chi connectivity index (χ1n) is 7.00. The molecule has 0 spiro atoms. The number of carbonyl (C=O) groups is 1. The van der Waals surface area contributed by atoms with Crippen molar-refractivity contribution in [1.82, 2.24) is 4.72 Å². The van der Waals surface area contributed by atoms with Gasteiger partial charge in [-0.05, 0) is 29.8 Å². The first kappa shape index (κ1) is 17.0. The van der Waals surface area contributed by atoms with E-state index < -0.39 is 15.9 Å². The van der Waals surface area contributed by atoms with Crippen molar-refractivity contribution in [3.8, 4) is 0 Å². The van der Waals surface area contributed by atoms with Crippen LogP contribution in [0.4, 0.5) is 5.69 Å². The molecule has 6 nitrogen and oxygen atoms in total. The van der Waals surface area contributed by atoms with E-state index in [1.807, 2.05) is 35.1 Å². The first-order valence-corrected chi connectivity index (χ1v) is 8.48. The lowest BCUT2D eigenvalue weighted by Gasteiger charge is -2.08. The van der Waals surface area contributed by atoms with Gasteiger partial charge in [0, 0.05) is 5.69 Å². The minimum absolute atomic E-state index is 0.00902. The van der Waals surface area contributed by atoms with Crippen molar-refractivity contribution in [1.29, 1.82) is 0 Å². The summed E-state index contributed by atoms with van der Waals surface area (Å²) in [7, 11) is -3.88. The molecule has 23 heavy (non-hydrogen) atoms. The zero-order valence-electron chi connectivity index (χ0n) is 12.4. The molecule has 7 heteroatoms. The Bertz CT molecular complexity index is 743. The molecular weight excluding hydrogens is 316 g/mol. The second-order valence-electron chi connectivity index (χ2n) is 4.89. The number of nitrogen functional groups attached to an aromatic ring is 1. The van der Waals surface area contributed by atoms with Gasteiger partial charge in [-0.1, -0.05) is 30.3 Å². The highest BCUT2D eigenvalue weighted by Crippen LogP contribution is 2.11. The summed E-state index contributed by atoms with van der Waals surface area (Å²) in [4.78, 5) is 11.7. The number of carbonyl (C=O) groups excluding carboxylic acids is 1. The highest BCUT2D eigenvalue weighted by Gasteiger charge is 2.17. The van der Waals surface area contributed by atoms with Crippen molar-refractivity contribution in [2.24, 2.45) is 0 Å². The maximum atomic E-state index is 12.0. The highest BCUT2D eigenvalue weighted by molar-refractivity contribution is 7.90. The van der Waals surface area contributed by atoms with Crippen LogP contribution in [0.3, 0.4) is 0 Å². The number of sulfonamides is 1. The van der Waals surface area contributed by atoms with Crippen LogP contribution in [0, 0.1) is 0 Å². The van der Waals surface area contributed by atoms with Crippen molar-refractivity contribution in [3.05, 3.63) is 60.2 Å². The van der Waals surface area contributed by atoms with Crippen LogP contribution in [0.1, 0.15) is 12.0 Å². The molecule has 0 aliphatic carbocycles. The van der Waals surface area contributed by atoms with Crippen LogP contribution in [-0.2, 0) is 26.2 Å². The Morgan fingerprint density at radius 1 is 1.04 bits per heavy atom. The molecule has 0 atom stereocenters. The van der Waals surface area contributed by atoms with E-state index in [1.165, 1.54) is 24.3 Å². The Morgan fingerprint density at radius 2 is 1.70 bits per heavy atom. The number of hydrogen-bond acceptors (Lipinski definition) is 5. The molecule has 0 heterocycles. The topological polar surface area (TPSA) is 98.5 Å². The van der Waals surface area contributed by atoms with E-state index >= 15 is 0 Å². The van der Waals surface area contributed by atoms with Gasteiger partial charge in [-0.2, -0.15) is 0 Å². The molecule has 0 fully saturated rings. The lowest BCUT2D eigenvalue weighted by atomic mass is 10.2. The zero-order valence-corrected chi connectivity index (χ0v) is 13.3. The molecule has 0 aromatic heterocycles. The molecule has 0 unspecified atom stereocenters. The molecule has 122 valence electrons. The third-order valence-corrected chi connectivity index (χ3v) is 4.41. The maximum Gasteiger partial charge on any atom is 0.264 e. The number of hydrogen-bond donors (Lipinski definition) is 2. The van der Waals surface area contributed by atoms with E-state index in [9.17, 15) is 13.2 Å². The average molecular weight is 334 g/mol. The molecule has 3 N–H and O–H groups in total. The monoisotopic (exact) mass is 334 g/mol. The molecule has 0 aliphatic rings. The van der Waals surface area contributed by atoms with Crippen LogP contribution in [0.2, 0.25) is 0 Å². The van der Waals surface area contributed by atoms with Gasteiger partial charge in [0.25, 0.3) is 10.0 Å². The van der Waals surface area contributed by atoms with Crippen molar-refractivity contribution >= 4 is 21.6 Å². The summed E-state index contributed by atoms with van der Waals surface area (Å²) in [5, 5.41) is 0. The average Bonchev–Trinajstić information content (AvgIpc) is 2.52. The van der Waals surface area contributed by atoms with Crippen LogP contribution in [-0.4, -0.2) is 20.9 Å². The maximum absolute atomic E-state index is 12.0. The van der Waals surface area contributed by atoms with Gasteiger partial charge in [0.15, 0.2) is 0 Å². The number of benzene rings is 2. The molecule has 0 saturated heterocycles. The van der Waals surface area contributed by atoms with E-state index in [2.05, 4.69) is 0 Å². The fourth-order valence-corrected chi connectivity index (χ4v) is 2.85. The summed E-state index contributed by atoms with van der Waals surface area (Å²) < 4.78 is 31.3. The Kier molecular flexibility index (Phi) is 5.72. The molecule has 0 bridgehead atoms. The third kappa shape index (κ3) is 5.39. The number of amides is 1. The Balaban J connectivity index is 1.79. The largest absolute Gasteiger partial charge is 0.399 e. The van der Waals surface area contributed by atoms with Crippen molar-refractivity contribution in [2.45, 2.75) is 17.9 Å². The molecule has 0 aliphatic heterocycles. The van der Waals surface area contributed by atoms with E-state index in [0.717, 1.165) is 5.56 Å². The summed E-state index contributed by atoms with van der Waals surface area (Å²) in [5.41, 5.74) is 6.94. The van der Waals surface area contributed by atoms with E-state index in [4.69, 9.17) is 10.5 Å². The number of rotatable bonds is 7. The van der Waals surface area contributed by atoms with Gasteiger partial charge in [0.2, 0.25) is 5.91 Å². The smallest absolute Gasteiger partial charge is 0.264 e. The summed E-state index contributed by atoms with van der Waals surface area (Å²) in [6.45, 7) is 0.511. The lowest BCUT2D eigenvalue weighted by molar-refractivity contribution is -0.120. The summed E-state index contributed by atoms with van der Waals surface area (Å²) in [6.07, 6.45) is -0.0406. The van der Waals surface area contributed by atoms with E-state index in [-0.39, 0.29) is 17.9 Å². The minimum Gasteiger partial charge on any atom is -0.399 e. The van der Waals surface area contributed by atoms with Crippen LogP contribution in [0.25, 0.3) is 0 Å². The molecule has 2 aromatic carbocycles.